The first-order chi connectivity index (χ1) is 8.22. The van der Waals surface area contributed by atoms with Crippen molar-refractivity contribution in [1.82, 2.24) is 10.6 Å². The summed E-state index contributed by atoms with van der Waals surface area (Å²) in [5.41, 5.74) is 0. The molecule has 1 fully saturated rings. The zero-order chi connectivity index (χ0) is 12.5. The molecule has 1 aliphatic rings. The lowest BCUT2D eigenvalue weighted by Gasteiger charge is -2.21. The molecule has 1 saturated heterocycles. The Morgan fingerprint density at radius 3 is 3.00 bits per heavy atom. The molecule has 0 spiro atoms. The van der Waals surface area contributed by atoms with Crippen LogP contribution in [0.3, 0.4) is 0 Å². The zero-order valence-corrected chi connectivity index (χ0v) is 11.4. The van der Waals surface area contributed by atoms with E-state index in [2.05, 4.69) is 24.5 Å². The van der Waals surface area contributed by atoms with Crippen molar-refractivity contribution in [3.8, 4) is 0 Å². The summed E-state index contributed by atoms with van der Waals surface area (Å²) in [5, 5.41) is 6.53. The van der Waals surface area contributed by atoms with Gasteiger partial charge in [0, 0.05) is 25.0 Å². The van der Waals surface area contributed by atoms with Crippen LogP contribution in [0.2, 0.25) is 0 Å². The van der Waals surface area contributed by atoms with E-state index in [1.165, 1.54) is 32.1 Å². The number of hydrogen-bond acceptors (Lipinski definition) is 2. The lowest BCUT2D eigenvalue weighted by molar-refractivity contribution is -0.121. The van der Waals surface area contributed by atoms with E-state index in [1.807, 2.05) is 0 Å². The van der Waals surface area contributed by atoms with Crippen LogP contribution in [0, 0.1) is 0 Å². The molecule has 1 heterocycles. The van der Waals surface area contributed by atoms with Crippen LogP contribution in [-0.4, -0.2) is 24.5 Å². The van der Waals surface area contributed by atoms with Crippen LogP contribution in [-0.2, 0) is 4.79 Å². The Morgan fingerprint density at radius 1 is 1.41 bits per heavy atom. The molecule has 0 aliphatic carbocycles. The van der Waals surface area contributed by atoms with Crippen molar-refractivity contribution >= 4 is 5.91 Å². The SMILES string of the molecule is CCCCCCC(C)NC1CCCNC(=O)C1. The summed E-state index contributed by atoms with van der Waals surface area (Å²) in [6, 6.07) is 0.932. The van der Waals surface area contributed by atoms with Crippen molar-refractivity contribution < 1.29 is 4.79 Å². The van der Waals surface area contributed by atoms with E-state index in [9.17, 15) is 4.79 Å². The largest absolute Gasteiger partial charge is 0.356 e. The molecule has 0 aromatic carbocycles. The Hall–Kier alpha value is -0.570. The molecule has 17 heavy (non-hydrogen) atoms. The first kappa shape index (κ1) is 14.5. The second-order valence-electron chi connectivity index (χ2n) is 5.31. The summed E-state index contributed by atoms with van der Waals surface area (Å²) in [4.78, 5) is 11.4. The Kier molecular flexibility index (Phi) is 7.25. The summed E-state index contributed by atoms with van der Waals surface area (Å²) >= 11 is 0. The van der Waals surface area contributed by atoms with Gasteiger partial charge in [-0.25, -0.2) is 0 Å². The van der Waals surface area contributed by atoms with Gasteiger partial charge in [0.2, 0.25) is 5.91 Å². The van der Waals surface area contributed by atoms with Crippen LogP contribution in [0.15, 0.2) is 0 Å². The second kappa shape index (κ2) is 8.51. The molecule has 1 amide bonds. The van der Waals surface area contributed by atoms with Gasteiger partial charge in [-0.2, -0.15) is 0 Å². The Morgan fingerprint density at radius 2 is 2.24 bits per heavy atom. The number of rotatable bonds is 7. The van der Waals surface area contributed by atoms with E-state index >= 15 is 0 Å². The number of hydrogen-bond donors (Lipinski definition) is 2. The third kappa shape index (κ3) is 6.67. The van der Waals surface area contributed by atoms with Crippen molar-refractivity contribution in [2.75, 3.05) is 6.54 Å². The molecule has 1 rings (SSSR count). The van der Waals surface area contributed by atoms with Crippen LogP contribution < -0.4 is 10.6 Å². The van der Waals surface area contributed by atoms with Gasteiger partial charge in [0.15, 0.2) is 0 Å². The maximum atomic E-state index is 11.4. The van der Waals surface area contributed by atoms with Crippen LogP contribution >= 0.6 is 0 Å². The van der Waals surface area contributed by atoms with E-state index < -0.39 is 0 Å². The lowest BCUT2D eigenvalue weighted by atomic mass is 10.0. The second-order valence-corrected chi connectivity index (χ2v) is 5.31. The van der Waals surface area contributed by atoms with Gasteiger partial charge < -0.3 is 10.6 Å². The predicted molar refractivity (Wildman–Crippen MR) is 72.0 cm³/mol. The normalized spacial score (nSPS) is 22.9. The molecule has 1 aliphatic heterocycles. The number of nitrogens with one attached hydrogen (secondary N) is 2. The number of unbranched alkanes of at least 4 members (excludes halogenated alkanes) is 3. The van der Waals surface area contributed by atoms with Gasteiger partial charge in [0.05, 0.1) is 0 Å². The Balaban J connectivity index is 2.15. The standard InChI is InChI=1S/C14H28N2O/c1-3-4-5-6-8-12(2)16-13-9-7-10-15-14(17)11-13/h12-13,16H,3-11H2,1-2H3,(H,15,17). The van der Waals surface area contributed by atoms with Gasteiger partial charge >= 0.3 is 0 Å². The molecule has 2 unspecified atom stereocenters. The average molecular weight is 240 g/mol. The first-order valence-corrected chi connectivity index (χ1v) is 7.25. The fraction of sp³-hybridized carbons (Fsp3) is 0.929. The minimum atomic E-state index is 0.207. The smallest absolute Gasteiger partial charge is 0.221 e. The molecule has 3 heteroatoms. The van der Waals surface area contributed by atoms with E-state index in [0.717, 1.165) is 19.4 Å². The maximum absolute atomic E-state index is 11.4. The molecular weight excluding hydrogens is 212 g/mol. The summed E-state index contributed by atoms with van der Waals surface area (Å²) in [6.45, 7) is 5.34. The third-order valence-corrected chi connectivity index (χ3v) is 3.49. The average Bonchev–Trinajstić information content (AvgIpc) is 2.49. The highest BCUT2D eigenvalue weighted by Crippen LogP contribution is 2.10. The number of carbonyl (C=O) groups excluding carboxylic acids is 1. The van der Waals surface area contributed by atoms with Crippen molar-refractivity contribution in [2.24, 2.45) is 0 Å². The van der Waals surface area contributed by atoms with Crippen molar-refractivity contribution in [3.63, 3.8) is 0 Å². The Bertz CT molecular complexity index is 218. The molecular formula is C14H28N2O. The lowest BCUT2D eigenvalue weighted by Crippen LogP contribution is -2.38. The highest BCUT2D eigenvalue weighted by atomic mass is 16.1. The van der Waals surface area contributed by atoms with Gasteiger partial charge in [0.1, 0.15) is 0 Å². The van der Waals surface area contributed by atoms with Crippen LogP contribution in [0.25, 0.3) is 0 Å². The monoisotopic (exact) mass is 240 g/mol. The first-order valence-electron chi connectivity index (χ1n) is 7.25. The summed E-state index contributed by atoms with van der Waals surface area (Å²) in [7, 11) is 0. The van der Waals surface area contributed by atoms with Crippen LogP contribution in [0.5, 0.6) is 0 Å². The van der Waals surface area contributed by atoms with Gasteiger partial charge in [-0.1, -0.05) is 32.6 Å². The molecule has 0 bridgehead atoms. The Labute approximate surface area is 106 Å². The minimum absolute atomic E-state index is 0.207. The summed E-state index contributed by atoms with van der Waals surface area (Å²) in [6.07, 6.45) is 9.40. The molecule has 100 valence electrons. The van der Waals surface area contributed by atoms with E-state index in [-0.39, 0.29) is 5.91 Å². The molecule has 0 aromatic heterocycles. The molecule has 2 N–H and O–H groups in total. The topological polar surface area (TPSA) is 41.1 Å². The quantitative estimate of drug-likeness (QED) is 0.672. The fourth-order valence-corrected chi connectivity index (χ4v) is 2.48. The third-order valence-electron chi connectivity index (χ3n) is 3.49. The fourth-order valence-electron chi connectivity index (χ4n) is 2.48. The zero-order valence-electron chi connectivity index (χ0n) is 11.4. The van der Waals surface area contributed by atoms with Gasteiger partial charge in [-0.05, 0) is 26.2 Å². The van der Waals surface area contributed by atoms with Gasteiger partial charge in [0.25, 0.3) is 0 Å². The van der Waals surface area contributed by atoms with Gasteiger partial charge in [-0.15, -0.1) is 0 Å². The van der Waals surface area contributed by atoms with E-state index in [4.69, 9.17) is 0 Å². The van der Waals surface area contributed by atoms with Crippen LogP contribution in [0.1, 0.15) is 65.2 Å². The molecule has 0 saturated carbocycles. The molecule has 0 radical (unpaired) electrons. The highest BCUT2D eigenvalue weighted by Gasteiger charge is 2.18. The molecule has 0 aromatic rings. The minimum Gasteiger partial charge on any atom is -0.356 e. The van der Waals surface area contributed by atoms with E-state index in [0.29, 0.717) is 18.5 Å². The van der Waals surface area contributed by atoms with Crippen molar-refractivity contribution in [2.45, 2.75) is 77.3 Å². The number of amides is 1. The van der Waals surface area contributed by atoms with Crippen LogP contribution in [0.4, 0.5) is 0 Å². The van der Waals surface area contributed by atoms with Crippen molar-refractivity contribution in [1.29, 1.82) is 0 Å². The molecule has 2 atom stereocenters. The highest BCUT2D eigenvalue weighted by molar-refractivity contribution is 5.76. The van der Waals surface area contributed by atoms with Gasteiger partial charge in [-0.3, -0.25) is 4.79 Å². The van der Waals surface area contributed by atoms with E-state index in [1.54, 1.807) is 0 Å². The predicted octanol–water partition coefficient (Wildman–Crippen LogP) is 2.60. The number of carbonyl (C=O) groups is 1. The summed E-state index contributed by atoms with van der Waals surface area (Å²) in [5.74, 6) is 0.207. The maximum Gasteiger partial charge on any atom is 0.221 e. The van der Waals surface area contributed by atoms with Crippen molar-refractivity contribution in [3.05, 3.63) is 0 Å². The molecule has 3 nitrogen and oxygen atoms in total. The summed E-state index contributed by atoms with van der Waals surface area (Å²) < 4.78 is 0.